The van der Waals surface area contributed by atoms with Crippen LogP contribution in [-0.2, 0) is 11.0 Å². The lowest BCUT2D eigenvalue weighted by Gasteiger charge is -2.19. The molecule has 0 fully saturated rings. The van der Waals surface area contributed by atoms with Crippen LogP contribution in [0.4, 0.5) is 0 Å². The van der Waals surface area contributed by atoms with Crippen molar-refractivity contribution in [2.24, 2.45) is 10.6 Å². The van der Waals surface area contributed by atoms with E-state index >= 15 is 0 Å². The highest BCUT2D eigenvalue weighted by atomic mass is 32.2. The lowest BCUT2D eigenvalue weighted by molar-refractivity contribution is 0.403. The third-order valence-corrected chi connectivity index (χ3v) is 2.56. The zero-order valence-electron chi connectivity index (χ0n) is 6.31. The molecule has 1 unspecified atom stereocenters. The van der Waals surface area contributed by atoms with Crippen molar-refractivity contribution in [3.05, 3.63) is 0 Å². The SMILES string of the molecule is CCC(C)(C)CS(N)=O. The molecule has 0 bridgehead atoms. The fourth-order valence-corrected chi connectivity index (χ4v) is 1.46. The van der Waals surface area contributed by atoms with E-state index in [4.69, 9.17) is 5.14 Å². The molecule has 0 saturated heterocycles. The molecule has 0 radical (unpaired) electrons. The summed E-state index contributed by atoms with van der Waals surface area (Å²) in [4.78, 5) is 0. The van der Waals surface area contributed by atoms with Gasteiger partial charge in [0.05, 0.1) is 11.0 Å². The molecule has 9 heavy (non-hydrogen) atoms. The highest BCUT2D eigenvalue weighted by Gasteiger charge is 2.16. The summed E-state index contributed by atoms with van der Waals surface area (Å²) in [5.74, 6) is 0.601. The molecule has 0 heterocycles. The third-order valence-electron chi connectivity index (χ3n) is 1.49. The average molecular weight is 149 g/mol. The molecule has 0 aliphatic heterocycles. The van der Waals surface area contributed by atoms with Gasteiger partial charge in [0.15, 0.2) is 0 Å². The zero-order chi connectivity index (χ0) is 7.49. The first-order valence-electron chi connectivity index (χ1n) is 3.11. The Kier molecular flexibility index (Phi) is 3.36. The van der Waals surface area contributed by atoms with Crippen LogP contribution in [0, 0.1) is 5.41 Å². The minimum absolute atomic E-state index is 0.139. The van der Waals surface area contributed by atoms with Crippen molar-refractivity contribution in [2.75, 3.05) is 5.75 Å². The van der Waals surface area contributed by atoms with E-state index in [1.807, 2.05) is 0 Å². The predicted octanol–water partition coefficient (Wildman–Crippen LogP) is 1.05. The Hall–Kier alpha value is 0.110. The van der Waals surface area contributed by atoms with Crippen molar-refractivity contribution < 1.29 is 4.21 Å². The maximum absolute atomic E-state index is 10.5. The van der Waals surface area contributed by atoms with E-state index in [1.165, 1.54) is 0 Å². The Morgan fingerprint density at radius 1 is 1.56 bits per heavy atom. The fraction of sp³-hybridized carbons (Fsp3) is 1.00. The van der Waals surface area contributed by atoms with Gasteiger partial charge in [-0.05, 0) is 5.41 Å². The van der Waals surface area contributed by atoms with Gasteiger partial charge in [-0.1, -0.05) is 27.2 Å². The minimum atomic E-state index is -1.13. The maximum Gasteiger partial charge on any atom is 0.0893 e. The summed E-state index contributed by atoms with van der Waals surface area (Å²) < 4.78 is 10.5. The summed E-state index contributed by atoms with van der Waals surface area (Å²) in [6.07, 6.45) is 1.02. The van der Waals surface area contributed by atoms with E-state index in [-0.39, 0.29) is 5.41 Å². The molecule has 2 nitrogen and oxygen atoms in total. The number of hydrogen-bond acceptors (Lipinski definition) is 1. The van der Waals surface area contributed by atoms with Gasteiger partial charge in [-0.3, -0.25) is 5.14 Å². The standard InChI is InChI=1S/C6H15NOS/c1-4-6(2,3)5-9(7)8/h4-5,7H2,1-3H3. The van der Waals surface area contributed by atoms with Crippen molar-refractivity contribution in [2.45, 2.75) is 27.2 Å². The summed E-state index contributed by atoms with van der Waals surface area (Å²) in [6.45, 7) is 6.21. The van der Waals surface area contributed by atoms with Crippen LogP contribution >= 0.6 is 0 Å². The highest BCUT2D eigenvalue weighted by Crippen LogP contribution is 2.19. The van der Waals surface area contributed by atoms with E-state index in [0.717, 1.165) is 6.42 Å². The predicted molar refractivity (Wildman–Crippen MR) is 41.3 cm³/mol. The first-order chi connectivity index (χ1) is 3.98. The van der Waals surface area contributed by atoms with Crippen LogP contribution in [0.2, 0.25) is 0 Å². The highest BCUT2D eigenvalue weighted by molar-refractivity contribution is 7.82. The quantitative estimate of drug-likeness (QED) is 0.640. The van der Waals surface area contributed by atoms with Gasteiger partial charge in [-0.15, -0.1) is 0 Å². The van der Waals surface area contributed by atoms with E-state index in [9.17, 15) is 4.21 Å². The Balaban J connectivity index is 3.71. The lowest BCUT2D eigenvalue weighted by Crippen LogP contribution is -2.23. The van der Waals surface area contributed by atoms with Crippen LogP contribution < -0.4 is 5.14 Å². The van der Waals surface area contributed by atoms with Gasteiger partial charge in [-0.25, -0.2) is 4.21 Å². The molecule has 3 heteroatoms. The Labute approximate surface area is 59.4 Å². The molecule has 0 amide bonds. The molecular formula is C6H15NOS. The molecule has 0 aliphatic rings. The summed E-state index contributed by atoms with van der Waals surface area (Å²) in [6, 6.07) is 0. The Bertz CT molecular complexity index is 112. The first-order valence-corrected chi connectivity index (χ1v) is 4.49. The van der Waals surface area contributed by atoms with Crippen LogP contribution in [0.3, 0.4) is 0 Å². The van der Waals surface area contributed by atoms with Crippen molar-refractivity contribution in [1.82, 2.24) is 0 Å². The van der Waals surface area contributed by atoms with Gasteiger partial charge in [0, 0.05) is 5.75 Å². The van der Waals surface area contributed by atoms with Crippen LogP contribution in [0.15, 0.2) is 0 Å². The largest absolute Gasteiger partial charge is 0.252 e. The number of rotatable bonds is 3. The first kappa shape index (κ1) is 9.11. The second kappa shape index (κ2) is 3.32. The molecule has 56 valence electrons. The van der Waals surface area contributed by atoms with Crippen molar-refractivity contribution in [1.29, 1.82) is 0 Å². The summed E-state index contributed by atoms with van der Waals surface area (Å²) in [5.41, 5.74) is 0.139. The molecule has 0 spiro atoms. The van der Waals surface area contributed by atoms with Gasteiger partial charge in [-0.2, -0.15) is 0 Å². The minimum Gasteiger partial charge on any atom is -0.252 e. The summed E-state index contributed by atoms with van der Waals surface area (Å²) in [5, 5.41) is 5.13. The monoisotopic (exact) mass is 149 g/mol. The molecular weight excluding hydrogens is 134 g/mol. The number of hydrogen-bond donors (Lipinski definition) is 1. The van der Waals surface area contributed by atoms with Gasteiger partial charge in [0.2, 0.25) is 0 Å². The molecule has 0 aromatic rings. The van der Waals surface area contributed by atoms with Gasteiger partial charge < -0.3 is 0 Å². The maximum atomic E-state index is 10.5. The Morgan fingerprint density at radius 3 is 2.11 bits per heavy atom. The van der Waals surface area contributed by atoms with E-state index in [2.05, 4.69) is 20.8 Å². The van der Waals surface area contributed by atoms with Crippen LogP contribution in [-0.4, -0.2) is 9.96 Å². The molecule has 1 atom stereocenters. The molecule has 2 N–H and O–H groups in total. The summed E-state index contributed by atoms with van der Waals surface area (Å²) in [7, 11) is -1.13. The Morgan fingerprint density at radius 2 is 2.00 bits per heavy atom. The van der Waals surface area contributed by atoms with Gasteiger partial charge >= 0.3 is 0 Å². The second-order valence-corrected chi connectivity index (χ2v) is 4.09. The van der Waals surface area contributed by atoms with Crippen LogP contribution in [0.5, 0.6) is 0 Å². The normalized spacial score (nSPS) is 15.6. The van der Waals surface area contributed by atoms with E-state index in [0.29, 0.717) is 5.75 Å². The van der Waals surface area contributed by atoms with E-state index < -0.39 is 11.0 Å². The van der Waals surface area contributed by atoms with Crippen molar-refractivity contribution >= 4 is 11.0 Å². The molecule has 0 saturated carbocycles. The fourth-order valence-electron chi connectivity index (χ4n) is 0.487. The van der Waals surface area contributed by atoms with Gasteiger partial charge in [0.25, 0.3) is 0 Å². The second-order valence-electron chi connectivity index (χ2n) is 3.04. The molecule has 0 aromatic heterocycles. The van der Waals surface area contributed by atoms with Crippen molar-refractivity contribution in [3.63, 3.8) is 0 Å². The third kappa shape index (κ3) is 4.60. The van der Waals surface area contributed by atoms with Crippen molar-refractivity contribution in [3.8, 4) is 0 Å². The lowest BCUT2D eigenvalue weighted by atomic mass is 9.93. The summed E-state index contributed by atoms with van der Waals surface area (Å²) >= 11 is 0. The number of nitrogens with two attached hydrogens (primary N) is 1. The zero-order valence-corrected chi connectivity index (χ0v) is 7.12. The molecule has 0 rings (SSSR count). The molecule has 0 aliphatic carbocycles. The topological polar surface area (TPSA) is 43.1 Å². The van der Waals surface area contributed by atoms with Gasteiger partial charge in [0.1, 0.15) is 0 Å². The molecule has 0 aromatic carbocycles. The average Bonchev–Trinajstić information content (AvgIpc) is 1.63. The van der Waals surface area contributed by atoms with Crippen LogP contribution in [0.1, 0.15) is 27.2 Å². The smallest absolute Gasteiger partial charge is 0.0893 e. The van der Waals surface area contributed by atoms with Crippen LogP contribution in [0.25, 0.3) is 0 Å². The van der Waals surface area contributed by atoms with E-state index in [1.54, 1.807) is 0 Å².